The van der Waals surface area contributed by atoms with E-state index < -0.39 is 0 Å². The lowest BCUT2D eigenvalue weighted by atomic mass is 9.92. The fourth-order valence-corrected chi connectivity index (χ4v) is 1.85. The van der Waals surface area contributed by atoms with Crippen molar-refractivity contribution in [3.8, 4) is 6.01 Å². The van der Waals surface area contributed by atoms with Crippen molar-refractivity contribution in [3.63, 3.8) is 0 Å². The summed E-state index contributed by atoms with van der Waals surface area (Å²) in [5.41, 5.74) is 2.29. The number of aromatic nitrogens is 2. The Morgan fingerprint density at radius 1 is 1.50 bits per heavy atom. The molecule has 1 saturated heterocycles. The standard InChI is InChI=1S/C10H15N3O/c1-7-9(8-5-13(2)6-8)4-11-10(12-7)14-3/h4,8H,5-6H2,1-3H3. The van der Waals surface area contributed by atoms with Gasteiger partial charge in [0.1, 0.15) is 0 Å². The Balaban J connectivity index is 2.18. The van der Waals surface area contributed by atoms with Crippen LogP contribution in [0.5, 0.6) is 6.01 Å². The molecule has 0 bridgehead atoms. The van der Waals surface area contributed by atoms with E-state index in [9.17, 15) is 0 Å². The minimum absolute atomic E-state index is 0.457. The minimum Gasteiger partial charge on any atom is -0.467 e. The first kappa shape index (κ1) is 9.40. The van der Waals surface area contributed by atoms with Gasteiger partial charge in [0, 0.05) is 30.9 Å². The maximum absolute atomic E-state index is 4.97. The van der Waals surface area contributed by atoms with Crippen molar-refractivity contribution in [3.05, 3.63) is 17.5 Å². The van der Waals surface area contributed by atoms with Crippen molar-refractivity contribution in [1.29, 1.82) is 0 Å². The van der Waals surface area contributed by atoms with Crippen LogP contribution in [0, 0.1) is 6.92 Å². The highest BCUT2D eigenvalue weighted by molar-refractivity contribution is 5.25. The lowest BCUT2D eigenvalue weighted by Gasteiger charge is -2.36. The highest BCUT2D eigenvalue weighted by atomic mass is 16.5. The van der Waals surface area contributed by atoms with Gasteiger partial charge in [0.05, 0.1) is 7.11 Å². The molecule has 2 heterocycles. The van der Waals surface area contributed by atoms with Crippen molar-refractivity contribution >= 4 is 0 Å². The maximum Gasteiger partial charge on any atom is 0.316 e. The molecule has 0 saturated carbocycles. The number of methoxy groups -OCH3 is 1. The van der Waals surface area contributed by atoms with Crippen LogP contribution in [0.25, 0.3) is 0 Å². The molecule has 14 heavy (non-hydrogen) atoms. The molecule has 0 amide bonds. The smallest absolute Gasteiger partial charge is 0.316 e. The monoisotopic (exact) mass is 193 g/mol. The minimum atomic E-state index is 0.457. The predicted molar refractivity (Wildman–Crippen MR) is 53.6 cm³/mol. The molecule has 0 unspecified atom stereocenters. The second-order valence-corrected chi connectivity index (χ2v) is 3.82. The number of hydrogen-bond donors (Lipinski definition) is 0. The normalized spacial score (nSPS) is 17.9. The molecular formula is C10H15N3O. The summed E-state index contributed by atoms with van der Waals surface area (Å²) in [7, 11) is 3.71. The molecule has 4 nitrogen and oxygen atoms in total. The summed E-state index contributed by atoms with van der Waals surface area (Å²) in [6, 6.07) is 0.457. The summed E-state index contributed by atoms with van der Waals surface area (Å²) in [5.74, 6) is 0.603. The van der Waals surface area contributed by atoms with Gasteiger partial charge in [-0.2, -0.15) is 0 Å². The van der Waals surface area contributed by atoms with E-state index in [1.807, 2.05) is 13.1 Å². The van der Waals surface area contributed by atoms with Crippen LogP contribution in [-0.2, 0) is 0 Å². The molecule has 76 valence electrons. The van der Waals surface area contributed by atoms with E-state index in [1.54, 1.807) is 7.11 Å². The SMILES string of the molecule is COc1ncc(C2CN(C)C2)c(C)n1. The Kier molecular flexibility index (Phi) is 2.37. The third kappa shape index (κ3) is 1.57. The second-order valence-electron chi connectivity index (χ2n) is 3.82. The summed E-state index contributed by atoms with van der Waals surface area (Å²) in [6.07, 6.45) is 1.89. The third-order valence-corrected chi connectivity index (χ3v) is 2.68. The summed E-state index contributed by atoms with van der Waals surface area (Å²) in [6.45, 7) is 4.23. The zero-order valence-corrected chi connectivity index (χ0v) is 8.82. The molecule has 1 aromatic heterocycles. The molecule has 0 aromatic carbocycles. The number of aryl methyl sites for hydroxylation is 1. The first-order valence-electron chi connectivity index (χ1n) is 4.76. The highest BCUT2D eigenvalue weighted by Gasteiger charge is 2.26. The van der Waals surface area contributed by atoms with Crippen LogP contribution in [0.4, 0.5) is 0 Å². The van der Waals surface area contributed by atoms with Crippen molar-refractivity contribution in [1.82, 2.24) is 14.9 Å². The largest absolute Gasteiger partial charge is 0.467 e. The molecular weight excluding hydrogens is 178 g/mol. The number of rotatable bonds is 2. The molecule has 0 spiro atoms. The van der Waals surface area contributed by atoms with Gasteiger partial charge in [-0.1, -0.05) is 0 Å². The number of ether oxygens (including phenoxy) is 1. The molecule has 0 radical (unpaired) electrons. The van der Waals surface area contributed by atoms with E-state index in [1.165, 1.54) is 5.56 Å². The molecule has 0 aliphatic carbocycles. The maximum atomic E-state index is 4.97. The van der Waals surface area contributed by atoms with Crippen LogP contribution in [0.3, 0.4) is 0 Å². The van der Waals surface area contributed by atoms with E-state index in [4.69, 9.17) is 4.74 Å². The summed E-state index contributed by atoms with van der Waals surface area (Å²) in [5, 5.41) is 0. The van der Waals surface area contributed by atoms with E-state index in [0.29, 0.717) is 11.9 Å². The first-order chi connectivity index (χ1) is 6.70. The quantitative estimate of drug-likeness (QED) is 0.697. The third-order valence-electron chi connectivity index (χ3n) is 2.68. The highest BCUT2D eigenvalue weighted by Crippen LogP contribution is 2.27. The number of likely N-dealkylation sites (tertiary alicyclic amines) is 1. The molecule has 0 N–H and O–H groups in total. The molecule has 1 aliphatic rings. The van der Waals surface area contributed by atoms with Crippen LogP contribution in [0.1, 0.15) is 17.2 Å². The van der Waals surface area contributed by atoms with Crippen LogP contribution >= 0.6 is 0 Å². The fourth-order valence-electron chi connectivity index (χ4n) is 1.85. The molecule has 0 atom stereocenters. The average molecular weight is 193 g/mol. The van der Waals surface area contributed by atoms with Crippen molar-refractivity contribution < 1.29 is 4.74 Å². The van der Waals surface area contributed by atoms with Crippen LogP contribution in [-0.4, -0.2) is 42.1 Å². The Bertz CT molecular complexity index is 334. The summed E-state index contributed by atoms with van der Waals surface area (Å²) in [4.78, 5) is 10.7. The van der Waals surface area contributed by atoms with E-state index in [0.717, 1.165) is 18.8 Å². The average Bonchev–Trinajstić information content (AvgIpc) is 2.13. The van der Waals surface area contributed by atoms with Gasteiger partial charge in [0.2, 0.25) is 0 Å². The molecule has 1 aromatic rings. The predicted octanol–water partition coefficient (Wildman–Crippen LogP) is 0.823. The van der Waals surface area contributed by atoms with Gasteiger partial charge >= 0.3 is 6.01 Å². The Labute approximate surface area is 83.9 Å². The number of likely N-dealkylation sites (N-methyl/N-ethyl adjacent to an activating group) is 1. The Hall–Kier alpha value is -1.16. The van der Waals surface area contributed by atoms with E-state index >= 15 is 0 Å². The lowest BCUT2D eigenvalue weighted by molar-refractivity contribution is 0.188. The van der Waals surface area contributed by atoms with Gasteiger partial charge in [-0.15, -0.1) is 0 Å². The van der Waals surface area contributed by atoms with Crippen LogP contribution in [0.2, 0.25) is 0 Å². The van der Waals surface area contributed by atoms with Crippen molar-refractivity contribution in [2.45, 2.75) is 12.8 Å². The topological polar surface area (TPSA) is 38.2 Å². The lowest BCUT2D eigenvalue weighted by Crippen LogP contribution is -2.42. The van der Waals surface area contributed by atoms with Gasteiger partial charge in [0.25, 0.3) is 0 Å². The Morgan fingerprint density at radius 3 is 2.71 bits per heavy atom. The van der Waals surface area contributed by atoms with Gasteiger partial charge < -0.3 is 9.64 Å². The second kappa shape index (κ2) is 3.53. The van der Waals surface area contributed by atoms with E-state index in [-0.39, 0.29) is 0 Å². The van der Waals surface area contributed by atoms with Crippen molar-refractivity contribution in [2.24, 2.45) is 0 Å². The van der Waals surface area contributed by atoms with Crippen LogP contribution in [0.15, 0.2) is 6.20 Å². The summed E-state index contributed by atoms with van der Waals surface area (Å²) < 4.78 is 4.97. The van der Waals surface area contributed by atoms with Gasteiger partial charge in [-0.25, -0.2) is 9.97 Å². The number of nitrogens with zero attached hydrogens (tertiary/aromatic N) is 3. The van der Waals surface area contributed by atoms with Gasteiger partial charge in [-0.05, 0) is 19.5 Å². The first-order valence-corrected chi connectivity index (χ1v) is 4.76. The van der Waals surface area contributed by atoms with Gasteiger partial charge in [-0.3, -0.25) is 0 Å². The van der Waals surface area contributed by atoms with E-state index in [2.05, 4.69) is 21.9 Å². The molecule has 4 heteroatoms. The van der Waals surface area contributed by atoms with Gasteiger partial charge in [0.15, 0.2) is 0 Å². The molecule has 1 aliphatic heterocycles. The zero-order valence-electron chi connectivity index (χ0n) is 8.82. The number of hydrogen-bond acceptors (Lipinski definition) is 4. The fraction of sp³-hybridized carbons (Fsp3) is 0.600. The van der Waals surface area contributed by atoms with Crippen molar-refractivity contribution in [2.75, 3.05) is 27.2 Å². The molecule has 2 rings (SSSR count). The van der Waals surface area contributed by atoms with Crippen LogP contribution < -0.4 is 4.74 Å². The molecule has 1 fully saturated rings. The summed E-state index contributed by atoms with van der Waals surface area (Å²) >= 11 is 0. The zero-order chi connectivity index (χ0) is 10.1. The Morgan fingerprint density at radius 2 is 2.21 bits per heavy atom.